The fourth-order valence-electron chi connectivity index (χ4n) is 7.86. The molecule has 1 aliphatic heterocycles. The second-order valence-electron chi connectivity index (χ2n) is 11.0. The van der Waals surface area contributed by atoms with Gasteiger partial charge in [-0.1, -0.05) is 20.8 Å². The summed E-state index contributed by atoms with van der Waals surface area (Å²) < 4.78 is 18.9. The van der Waals surface area contributed by atoms with Crippen LogP contribution < -0.4 is 0 Å². The lowest BCUT2D eigenvalue weighted by Crippen LogP contribution is -2.63. The van der Waals surface area contributed by atoms with E-state index < -0.39 is 5.79 Å². The predicted molar refractivity (Wildman–Crippen MR) is 104 cm³/mol. The minimum absolute atomic E-state index is 0.148. The van der Waals surface area contributed by atoms with Crippen molar-refractivity contribution >= 4 is 6.47 Å². The van der Waals surface area contributed by atoms with Crippen molar-refractivity contribution in [1.29, 1.82) is 0 Å². The Labute approximate surface area is 164 Å². The van der Waals surface area contributed by atoms with E-state index in [-0.39, 0.29) is 22.7 Å². The van der Waals surface area contributed by atoms with Crippen molar-refractivity contribution in [2.45, 2.75) is 110 Å². The summed E-state index contributed by atoms with van der Waals surface area (Å²) in [5, 5.41) is 0. The average molecular weight is 379 g/mol. The maximum Gasteiger partial charge on any atom is 0.293 e. The van der Waals surface area contributed by atoms with Crippen molar-refractivity contribution in [3.8, 4) is 0 Å². The van der Waals surface area contributed by atoms with Gasteiger partial charge in [0.05, 0.1) is 6.10 Å². The monoisotopic (exact) mass is 378 g/mol. The number of rotatable bonds is 3. The molecule has 0 spiro atoms. The molecule has 3 saturated carbocycles. The zero-order valence-corrected chi connectivity index (χ0v) is 18.0. The first-order chi connectivity index (χ1) is 12.6. The van der Waals surface area contributed by atoms with Crippen molar-refractivity contribution in [3.63, 3.8) is 0 Å². The molecule has 0 aromatic heterocycles. The maximum absolute atomic E-state index is 11.2. The van der Waals surface area contributed by atoms with E-state index in [0.29, 0.717) is 30.1 Å². The molecule has 0 N–H and O–H groups in total. The number of ether oxygens (including phenoxy) is 3. The molecule has 3 aliphatic carbocycles. The number of carbonyl (C=O) groups is 1. The molecule has 0 amide bonds. The molecule has 27 heavy (non-hydrogen) atoms. The molecule has 0 radical (unpaired) electrons. The van der Waals surface area contributed by atoms with E-state index in [9.17, 15) is 4.79 Å². The van der Waals surface area contributed by atoms with E-state index in [1.54, 1.807) is 0 Å². The fraction of sp³-hybridized carbons (Fsp3) is 0.957. The Morgan fingerprint density at radius 2 is 1.78 bits per heavy atom. The van der Waals surface area contributed by atoms with Gasteiger partial charge in [0.1, 0.15) is 11.2 Å². The van der Waals surface area contributed by atoms with E-state index in [1.807, 2.05) is 0 Å². The first-order valence-corrected chi connectivity index (χ1v) is 11.1. The third-order valence-electron chi connectivity index (χ3n) is 8.93. The van der Waals surface area contributed by atoms with Crippen LogP contribution in [0, 0.1) is 29.1 Å². The van der Waals surface area contributed by atoms with Crippen molar-refractivity contribution < 1.29 is 19.0 Å². The van der Waals surface area contributed by atoms with Crippen LogP contribution in [0.15, 0.2) is 0 Å². The van der Waals surface area contributed by atoms with Gasteiger partial charge < -0.3 is 14.2 Å². The minimum Gasteiger partial charge on any atom is -0.461 e. The highest BCUT2D eigenvalue weighted by Crippen LogP contribution is 2.65. The molecule has 4 fully saturated rings. The summed E-state index contributed by atoms with van der Waals surface area (Å²) in [5.41, 5.74) is -0.234. The van der Waals surface area contributed by atoms with Crippen LogP contribution in [-0.2, 0) is 19.0 Å². The van der Waals surface area contributed by atoms with Crippen molar-refractivity contribution in [2.24, 2.45) is 29.1 Å². The van der Waals surface area contributed by atoms with Gasteiger partial charge in [0.15, 0.2) is 5.79 Å². The Hall–Kier alpha value is -0.610. The fourth-order valence-corrected chi connectivity index (χ4v) is 7.86. The molecule has 1 heterocycles. The molecule has 0 aromatic carbocycles. The highest BCUT2D eigenvalue weighted by atomic mass is 16.8. The van der Waals surface area contributed by atoms with Gasteiger partial charge in [-0.15, -0.1) is 0 Å². The molecule has 154 valence electrons. The molecule has 4 rings (SSSR count). The molecule has 1 unspecified atom stereocenters. The lowest BCUT2D eigenvalue weighted by Gasteiger charge is -2.62. The smallest absolute Gasteiger partial charge is 0.293 e. The van der Waals surface area contributed by atoms with Crippen LogP contribution in [0.1, 0.15) is 86.5 Å². The summed E-state index contributed by atoms with van der Waals surface area (Å²) in [5.74, 6) is 1.57. The SMILES string of the molecule is CC(C)[C@@]12CC[C@H]3C(CC[C@@H]4[C@]3(C)CCC[C@@]4(C)OC=O)[C@@H]1OC(C)(C)O2. The van der Waals surface area contributed by atoms with Crippen LogP contribution in [-0.4, -0.2) is 29.6 Å². The normalized spacial score (nSPS) is 51.2. The topological polar surface area (TPSA) is 44.8 Å². The molecular formula is C23H38O4. The summed E-state index contributed by atoms with van der Waals surface area (Å²) in [6.45, 7) is 14.1. The second-order valence-corrected chi connectivity index (χ2v) is 11.0. The number of hydrogen-bond acceptors (Lipinski definition) is 4. The van der Waals surface area contributed by atoms with Crippen LogP contribution in [0.2, 0.25) is 0 Å². The van der Waals surface area contributed by atoms with Gasteiger partial charge in [-0.3, -0.25) is 4.79 Å². The van der Waals surface area contributed by atoms with Gasteiger partial charge >= 0.3 is 0 Å². The van der Waals surface area contributed by atoms with Crippen LogP contribution in [0.4, 0.5) is 0 Å². The minimum atomic E-state index is -0.497. The van der Waals surface area contributed by atoms with Crippen LogP contribution in [0.3, 0.4) is 0 Å². The summed E-state index contributed by atoms with van der Waals surface area (Å²) in [6.07, 6.45) is 8.11. The zero-order chi connectivity index (χ0) is 19.7. The molecule has 1 saturated heterocycles. The van der Waals surface area contributed by atoms with Gasteiger partial charge in [-0.05, 0) is 88.9 Å². The molecule has 4 nitrogen and oxygen atoms in total. The van der Waals surface area contributed by atoms with Gasteiger partial charge in [0.2, 0.25) is 0 Å². The maximum atomic E-state index is 11.2. The van der Waals surface area contributed by atoms with E-state index in [2.05, 4.69) is 41.5 Å². The number of hydrogen-bond donors (Lipinski definition) is 0. The van der Waals surface area contributed by atoms with Gasteiger partial charge in [0.25, 0.3) is 6.47 Å². The zero-order valence-electron chi connectivity index (χ0n) is 18.0. The van der Waals surface area contributed by atoms with E-state index >= 15 is 0 Å². The summed E-state index contributed by atoms with van der Waals surface area (Å²) in [7, 11) is 0. The molecule has 4 aliphatic rings. The average Bonchev–Trinajstić information content (AvgIpc) is 2.86. The lowest BCUT2D eigenvalue weighted by atomic mass is 9.45. The third kappa shape index (κ3) is 2.73. The predicted octanol–water partition coefficient (Wildman–Crippen LogP) is 5.09. The second kappa shape index (κ2) is 6.19. The Kier molecular flexibility index (Phi) is 4.52. The van der Waals surface area contributed by atoms with Crippen LogP contribution in [0.25, 0.3) is 0 Å². The third-order valence-corrected chi connectivity index (χ3v) is 8.93. The van der Waals surface area contributed by atoms with Crippen LogP contribution >= 0.6 is 0 Å². The van der Waals surface area contributed by atoms with Gasteiger partial charge in [-0.2, -0.15) is 0 Å². The molecule has 0 bridgehead atoms. The standard InChI is InChI=1S/C23H38O4/c1-15(2)23-13-10-17-16(19(23)26-20(3,4)27-23)8-9-18-21(17,5)11-7-12-22(18,6)25-14-24/h14-19H,7-13H2,1-6H3/t16?,17-,18+,19-,21+,22+,23-/m0/s1. The molecule has 7 atom stereocenters. The largest absolute Gasteiger partial charge is 0.461 e. The highest BCUT2D eigenvalue weighted by Gasteiger charge is 2.66. The van der Waals surface area contributed by atoms with Crippen molar-refractivity contribution in [3.05, 3.63) is 0 Å². The summed E-state index contributed by atoms with van der Waals surface area (Å²) in [4.78, 5) is 11.2. The Morgan fingerprint density at radius 3 is 2.44 bits per heavy atom. The van der Waals surface area contributed by atoms with E-state index in [1.165, 1.54) is 12.8 Å². The molecular weight excluding hydrogens is 340 g/mol. The summed E-state index contributed by atoms with van der Waals surface area (Å²) in [6, 6.07) is 0. The molecule has 4 heteroatoms. The first kappa shape index (κ1) is 19.7. The summed E-state index contributed by atoms with van der Waals surface area (Å²) >= 11 is 0. The number of carbonyl (C=O) groups excluding carboxylic acids is 1. The van der Waals surface area contributed by atoms with E-state index in [0.717, 1.165) is 32.1 Å². The van der Waals surface area contributed by atoms with Gasteiger partial charge in [0, 0.05) is 5.92 Å². The van der Waals surface area contributed by atoms with Gasteiger partial charge in [-0.25, -0.2) is 0 Å². The highest BCUT2D eigenvalue weighted by molar-refractivity contribution is 5.38. The lowest BCUT2D eigenvalue weighted by molar-refractivity contribution is -0.203. The Morgan fingerprint density at radius 1 is 1.04 bits per heavy atom. The van der Waals surface area contributed by atoms with Crippen molar-refractivity contribution in [2.75, 3.05) is 0 Å². The Balaban J connectivity index is 1.68. The number of fused-ring (bicyclic) bond motifs is 5. The van der Waals surface area contributed by atoms with Crippen LogP contribution in [0.5, 0.6) is 0 Å². The van der Waals surface area contributed by atoms with Crippen molar-refractivity contribution in [1.82, 2.24) is 0 Å². The Bertz CT molecular complexity index is 601. The first-order valence-electron chi connectivity index (χ1n) is 11.1. The quantitative estimate of drug-likeness (QED) is 0.642. The van der Waals surface area contributed by atoms with E-state index in [4.69, 9.17) is 14.2 Å². The molecule has 0 aromatic rings.